The molecule has 1 N–H and O–H groups in total. The van der Waals surface area contributed by atoms with Crippen LogP contribution in [0.4, 0.5) is 8.78 Å². The molecule has 0 saturated carbocycles. The number of amides is 1. The first kappa shape index (κ1) is 20.7. The molecule has 2 heterocycles. The van der Waals surface area contributed by atoms with E-state index in [4.69, 9.17) is 0 Å². The minimum atomic E-state index is -0.669. The summed E-state index contributed by atoms with van der Waals surface area (Å²) in [6, 6.07) is 3.69. The second kappa shape index (κ2) is 9.39. The second-order valence-corrected chi connectivity index (χ2v) is 7.04. The van der Waals surface area contributed by atoms with Gasteiger partial charge in [0.1, 0.15) is 22.3 Å². The van der Waals surface area contributed by atoms with Crippen LogP contribution in [0.5, 0.6) is 0 Å². The van der Waals surface area contributed by atoms with Crippen LogP contribution in [0.2, 0.25) is 0 Å². The molecule has 3 rings (SSSR count). The van der Waals surface area contributed by atoms with Crippen molar-refractivity contribution in [2.45, 2.75) is 19.8 Å². The minimum Gasteiger partial charge on any atom is -0.337 e. The quantitative estimate of drug-likeness (QED) is 0.824. The van der Waals surface area contributed by atoms with Crippen molar-refractivity contribution < 1.29 is 13.6 Å². The molecule has 0 unspecified atom stereocenters. The average molecular weight is 402 g/mol. The van der Waals surface area contributed by atoms with E-state index in [2.05, 4.69) is 17.2 Å². The lowest BCUT2D eigenvalue weighted by molar-refractivity contribution is 0.0685. The van der Waals surface area contributed by atoms with Gasteiger partial charge < -0.3 is 10.2 Å². The third-order valence-corrected chi connectivity index (χ3v) is 5.34. The van der Waals surface area contributed by atoms with Gasteiger partial charge in [-0.2, -0.15) is 0 Å². The van der Waals surface area contributed by atoms with E-state index in [1.807, 2.05) is 0 Å². The van der Waals surface area contributed by atoms with Gasteiger partial charge in [0.25, 0.3) is 5.91 Å². The number of nitrogens with zero attached hydrogens (tertiary/aromatic N) is 2. The SMILES string of the molecule is CCNCC1CCN(C(=O)c2csc(-c3c(F)cccc3F)n2)CC1.Cl. The van der Waals surface area contributed by atoms with E-state index in [9.17, 15) is 13.6 Å². The van der Waals surface area contributed by atoms with Crippen molar-refractivity contribution in [1.29, 1.82) is 0 Å². The van der Waals surface area contributed by atoms with E-state index >= 15 is 0 Å². The van der Waals surface area contributed by atoms with Crippen molar-refractivity contribution in [3.05, 3.63) is 40.9 Å². The Morgan fingerprint density at radius 1 is 1.31 bits per heavy atom. The lowest BCUT2D eigenvalue weighted by atomic mass is 9.96. The Bertz CT molecular complexity index is 728. The van der Waals surface area contributed by atoms with E-state index in [1.165, 1.54) is 18.2 Å². The van der Waals surface area contributed by atoms with Crippen LogP contribution in [0.3, 0.4) is 0 Å². The van der Waals surface area contributed by atoms with Gasteiger partial charge >= 0.3 is 0 Å². The number of likely N-dealkylation sites (tertiary alicyclic amines) is 1. The highest BCUT2D eigenvalue weighted by atomic mass is 35.5. The number of piperidine rings is 1. The number of carbonyl (C=O) groups excluding carboxylic acids is 1. The van der Waals surface area contributed by atoms with Gasteiger partial charge in [0.05, 0.1) is 5.56 Å². The van der Waals surface area contributed by atoms with Gasteiger partial charge in [0.15, 0.2) is 0 Å². The Balaban J connectivity index is 0.00000243. The second-order valence-electron chi connectivity index (χ2n) is 6.18. The highest BCUT2D eigenvalue weighted by Gasteiger charge is 2.25. The summed E-state index contributed by atoms with van der Waals surface area (Å²) in [7, 11) is 0. The predicted octanol–water partition coefficient (Wildman–Crippen LogP) is 3.97. The number of rotatable bonds is 5. The van der Waals surface area contributed by atoms with Crippen molar-refractivity contribution in [3.63, 3.8) is 0 Å². The number of benzene rings is 1. The molecule has 1 amide bonds. The van der Waals surface area contributed by atoms with Crippen molar-refractivity contribution >= 4 is 29.7 Å². The van der Waals surface area contributed by atoms with E-state index in [0.717, 1.165) is 37.3 Å². The van der Waals surface area contributed by atoms with Gasteiger partial charge in [0.2, 0.25) is 0 Å². The first-order valence-electron chi connectivity index (χ1n) is 8.50. The summed E-state index contributed by atoms with van der Waals surface area (Å²) < 4.78 is 27.7. The Morgan fingerprint density at radius 2 is 1.96 bits per heavy atom. The van der Waals surface area contributed by atoms with Gasteiger partial charge in [0, 0.05) is 18.5 Å². The summed E-state index contributed by atoms with van der Waals surface area (Å²) in [6.07, 6.45) is 1.91. The molecule has 1 aromatic carbocycles. The van der Waals surface area contributed by atoms with Crippen molar-refractivity contribution in [3.8, 4) is 10.6 Å². The predicted molar refractivity (Wildman–Crippen MR) is 102 cm³/mol. The zero-order chi connectivity index (χ0) is 17.8. The smallest absolute Gasteiger partial charge is 0.273 e. The molecule has 142 valence electrons. The zero-order valence-electron chi connectivity index (χ0n) is 14.5. The summed E-state index contributed by atoms with van der Waals surface area (Å²) in [5.41, 5.74) is 0.0867. The Morgan fingerprint density at radius 3 is 2.58 bits per heavy atom. The normalized spacial score (nSPS) is 15.0. The Hall–Kier alpha value is -1.57. The molecule has 4 nitrogen and oxygen atoms in total. The maximum atomic E-state index is 13.9. The van der Waals surface area contributed by atoms with Gasteiger partial charge in [-0.1, -0.05) is 13.0 Å². The highest BCUT2D eigenvalue weighted by Crippen LogP contribution is 2.29. The third kappa shape index (κ3) is 4.58. The molecule has 1 aliphatic rings. The lowest BCUT2D eigenvalue weighted by Gasteiger charge is -2.31. The molecule has 1 fully saturated rings. The Kier molecular flexibility index (Phi) is 7.49. The van der Waals surface area contributed by atoms with Crippen molar-refractivity contribution in [2.75, 3.05) is 26.2 Å². The number of nitrogens with one attached hydrogen (secondary N) is 1. The van der Waals surface area contributed by atoms with Crippen LogP contribution in [0.1, 0.15) is 30.3 Å². The van der Waals surface area contributed by atoms with Crippen molar-refractivity contribution in [1.82, 2.24) is 15.2 Å². The first-order chi connectivity index (χ1) is 12.1. The molecule has 0 aliphatic carbocycles. The maximum absolute atomic E-state index is 13.9. The van der Waals surface area contributed by atoms with Crippen LogP contribution >= 0.6 is 23.7 Å². The topological polar surface area (TPSA) is 45.2 Å². The molecule has 8 heteroatoms. The van der Waals surface area contributed by atoms with E-state index < -0.39 is 11.6 Å². The number of halogens is 3. The molecule has 0 spiro atoms. The van der Waals surface area contributed by atoms with Gasteiger partial charge in [-0.15, -0.1) is 23.7 Å². The molecule has 26 heavy (non-hydrogen) atoms. The summed E-state index contributed by atoms with van der Waals surface area (Å²) in [5, 5.41) is 5.11. The van der Waals surface area contributed by atoms with E-state index in [1.54, 1.807) is 10.3 Å². The van der Waals surface area contributed by atoms with E-state index in [0.29, 0.717) is 19.0 Å². The molecular weight excluding hydrogens is 380 g/mol. The summed E-state index contributed by atoms with van der Waals surface area (Å²) in [5.74, 6) is -0.918. The fourth-order valence-electron chi connectivity index (χ4n) is 3.04. The van der Waals surface area contributed by atoms with Crippen LogP contribution in [0.15, 0.2) is 23.6 Å². The molecule has 0 radical (unpaired) electrons. The number of hydrogen-bond acceptors (Lipinski definition) is 4. The molecule has 1 aliphatic heterocycles. The van der Waals surface area contributed by atoms with Gasteiger partial charge in [-0.05, 0) is 44.0 Å². The summed E-state index contributed by atoms with van der Waals surface area (Å²) >= 11 is 1.09. The molecule has 0 bridgehead atoms. The van der Waals surface area contributed by atoms with Crippen LogP contribution in [0.25, 0.3) is 10.6 Å². The highest BCUT2D eigenvalue weighted by molar-refractivity contribution is 7.13. The van der Waals surface area contributed by atoms with Crippen LogP contribution in [0, 0.1) is 17.6 Å². The van der Waals surface area contributed by atoms with Crippen molar-refractivity contribution in [2.24, 2.45) is 5.92 Å². The third-order valence-electron chi connectivity index (χ3n) is 4.48. The largest absolute Gasteiger partial charge is 0.337 e. The standard InChI is InChI=1S/C18H21F2N3OS.ClH/c1-2-21-10-12-6-8-23(9-7-12)18(24)15-11-25-17(22-15)16-13(19)4-3-5-14(16)20;/h3-5,11-12,21H,2,6-10H2,1H3;1H. The maximum Gasteiger partial charge on any atom is 0.273 e. The molecular formula is C18H22ClF2N3OS. The molecule has 1 aromatic heterocycles. The summed E-state index contributed by atoms with van der Waals surface area (Å²) in [4.78, 5) is 18.6. The zero-order valence-corrected chi connectivity index (χ0v) is 16.1. The fourth-order valence-corrected chi connectivity index (χ4v) is 3.88. The number of thiazole rings is 1. The Labute approximate surface area is 162 Å². The average Bonchev–Trinajstić information content (AvgIpc) is 3.09. The number of carbonyl (C=O) groups is 1. The molecule has 0 atom stereocenters. The van der Waals surface area contributed by atoms with Gasteiger partial charge in [-0.3, -0.25) is 4.79 Å². The lowest BCUT2D eigenvalue weighted by Crippen LogP contribution is -2.40. The van der Waals surface area contributed by atoms with Gasteiger partial charge in [-0.25, -0.2) is 13.8 Å². The summed E-state index contributed by atoms with van der Waals surface area (Å²) in [6.45, 7) is 5.39. The molecule has 2 aromatic rings. The van der Waals surface area contributed by atoms with E-state index in [-0.39, 0.29) is 34.6 Å². The van der Waals surface area contributed by atoms with Crippen LogP contribution in [-0.4, -0.2) is 42.0 Å². The first-order valence-corrected chi connectivity index (χ1v) is 9.38. The molecule has 1 saturated heterocycles. The van der Waals surface area contributed by atoms with Crippen LogP contribution in [-0.2, 0) is 0 Å². The number of aromatic nitrogens is 1. The fraction of sp³-hybridized carbons (Fsp3) is 0.444. The number of hydrogen-bond donors (Lipinski definition) is 1. The monoisotopic (exact) mass is 401 g/mol. The minimum absolute atomic E-state index is 0. The van der Waals surface area contributed by atoms with Crippen LogP contribution < -0.4 is 5.32 Å².